The normalized spacial score (nSPS) is 10.6. The Morgan fingerprint density at radius 1 is 1.07 bits per heavy atom. The van der Waals surface area contributed by atoms with E-state index in [-0.39, 0.29) is 39.3 Å². The van der Waals surface area contributed by atoms with E-state index < -0.39 is 17.8 Å². The molecule has 1 aromatic carbocycles. The molecule has 4 aromatic rings. The number of imidazole rings is 2. The van der Waals surface area contributed by atoms with E-state index in [2.05, 4.69) is 25.3 Å². The summed E-state index contributed by atoms with van der Waals surface area (Å²) in [4.78, 5) is 48.7. The quantitative estimate of drug-likeness (QED) is 0.219. The van der Waals surface area contributed by atoms with Crippen LogP contribution in [0, 0.1) is 6.92 Å². The molecule has 3 aromatic heterocycles. The molecule has 0 aliphatic rings. The molecule has 3 heterocycles. The Balaban J connectivity index is 0.000000307. The van der Waals surface area contributed by atoms with Gasteiger partial charge in [-0.3, -0.25) is 4.79 Å². The van der Waals surface area contributed by atoms with Crippen molar-refractivity contribution in [3.05, 3.63) is 63.0 Å². The fourth-order valence-electron chi connectivity index (χ4n) is 3.63. The molecular formula is C25H26Cl2N6O7. The number of carboxylic acid groups (broad SMARTS) is 2. The van der Waals surface area contributed by atoms with Gasteiger partial charge < -0.3 is 34.2 Å². The molecule has 15 heteroatoms. The number of nitrogens with one attached hydrogen (secondary N) is 2. The third kappa shape index (κ3) is 6.43. The largest absolute Gasteiger partial charge is 0.495 e. The predicted octanol–water partition coefficient (Wildman–Crippen LogP) is 4.88. The summed E-state index contributed by atoms with van der Waals surface area (Å²) in [7, 11) is 3.08. The van der Waals surface area contributed by atoms with Crippen molar-refractivity contribution in [3.8, 4) is 17.2 Å². The standard InChI is InChI=1S/C18H17ClN4O5.C7H9ClN2O2/c1-4-10-14(19)23-15(20-10)16(24)21-11-6-5-9(7-12(11)27-3)17-22-13(18(25)26)8(2)28-17;1-3-4-5(8)9-6(7(11)12)10(4)2/h5-7H,4H2,1-3H3,(H,20,23)(H,21,24)(H,25,26);3H2,1-2H3,(H,11,12). The average Bonchev–Trinajstić information content (AvgIpc) is 3.58. The van der Waals surface area contributed by atoms with Crippen LogP contribution in [0.15, 0.2) is 22.6 Å². The van der Waals surface area contributed by atoms with Crippen molar-refractivity contribution < 1.29 is 33.8 Å². The lowest BCUT2D eigenvalue weighted by atomic mass is 10.2. The van der Waals surface area contributed by atoms with E-state index in [1.807, 2.05) is 13.8 Å². The van der Waals surface area contributed by atoms with E-state index in [4.69, 9.17) is 42.6 Å². The summed E-state index contributed by atoms with van der Waals surface area (Å²) in [6, 6.07) is 4.80. The Hall–Kier alpha value is -4.36. The summed E-state index contributed by atoms with van der Waals surface area (Å²) >= 11 is 11.7. The first-order valence-electron chi connectivity index (χ1n) is 11.8. The zero-order valence-electron chi connectivity index (χ0n) is 22.1. The van der Waals surface area contributed by atoms with Crippen LogP contribution in [-0.4, -0.2) is 59.7 Å². The Bertz CT molecular complexity index is 1570. The van der Waals surface area contributed by atoms with Crippen molar-refractivity contribution >= 4 is 46.7 Å². The highest BCUT2D eigenvalue weighted by atomic mass is 35.5. The molecule has 40 heavy (non-hydrogen) atoms. The number of amides is 1. The van der Waals surface area contributed by atoms with E-state index in [9.17, 15) is 14.4 Å². The number of benzene rings is 1. The number of aromatic nitrogens is 5. The molecule has 212 valence electrons. The summed E-state index contributed by atoms with van der Waals surface area (Å²) in [5.41, 5.74) is 2.15. The van der Waals surface area contributed by atoms with E-state index >= 15 is 0 Å². The smallest absolute Gasteiger partial charge is 0.372 e. The first kappa shape index (κ1) is 30.2. The number of aromatic carboxylic acids is 2. The number of rotatable bonds is 8. The maximum atomic E-state index is 12.4. The third-order valence-electron chi connectivity index (χ3n) is 5.68. The molecule has 0 aliphatic carbocycles. The lowest BCUT2D eigenvalue weighted by Gasteiger charge is -2.10. The molecule has 0 atom stereocenters. The number of carbonyl (C=O) groups is 3. The fraction of sp³-hybridized carbons (Fsp3) is 0.280. The van der Waals surface area contributed by atoms with Gasteiger partial charge in [-0.25, -0.2) is 24.5 Å². The number of H-pyrrole nitrogens is 1. The van der Waals surface area contributed by atoms with Gasteiger partial charge in [-0.05, 0) is 38.0 Å². The van der Waals surface area contributed by atoms with Crippen molar-refractivity contribution in [2.24, 2.45) is 7.05 Å². The number of anilines is 1. The Morgan fingerprint density at radius 3 is 2.25 bits per heavy atom. The Labute approximate surface area is 238 Å². The highest BCUT2D eigenvalue weighted by Gasteiger charge is 2.20. The SMILES string of the molecule is CCc1[nH]c(C(=O)Nc2ccc(-c3nc(C(=O)O)c(C)o3)cc2OC)nc1Cl.CCc1c(Cl)nc(C(=O)O)n1C. The number of hydrogen-bond donors (Lipinski definition) is 4. The van der Waals surface area contributed by atoms with Gasteiger partial charge in [0.15, 0.2) is 21.8 Å². The van der Waals surface area contributed by atoms with Gasteiger partial charge in [0.1, 0.15) is 11.5 Å². The second kappa shape index (κ2) is 12.7. The molecular weight excluding hydrogens is 567 g/mol. The van der Waals surface area contributed by atoms with Gasteiger partial charge in [-0.1, -0.05) is 37.0 Å². The monoisotopic (exact) mass is 592 g/mol. The minimum atomic E-state index is -1.17. The molecule has 0 saturated carbocycles. The van der Waals surface area contributed by atoms with Gasteiger partial charge in [0.25, 0.3) is 5.91 Å². The number of halogens is 2. The minimum Gasteiger partial charge on any atom is -0.495 e. The van der Waals surface area contributed by atoms with E-state index in [1.165, 1.54) is 18.6 Å². The van der Waals surface area contributed by atoms with Gasteiger partial charge in [0.2, 0.25) is 11.7 Å². The number of ether oxygens (including phenoxy) is 1. The molecule has 0 fully saturated rings. The number of carboxylic acids is 2. The molecule has 0 saturated heterocycles. The lowest BCUT2D eigenvalue weighted by Crippen LogP contribution is -2.14. The molecule has 0 spiro atoms. The van der Waals surface area contributed by atoms with Gasteiger partial charge in [-0.2, -0.15) is 0 Å². The molecule has 0 unspecified atom stereocenters. The molecule has 0 aliphatic heterocycles. The third-order valence-corrected chi connectivity index (χ3v) is 6.30. The topological polar surface area (TPSA) is 185 Å². The van der Waals surface area contributed by atoms with Gasteiger partial charge >= 0.3 is 11.9 Å². The van der Waals surface area contributed by atoms with Crippen molar-refractivity contribution in [2.75, 3.05) is 12.4 Å². The van der Waals surface area contributed by atoms with Crippen LogP contribution in [0.5, 0.6) is 5.75 Å². The van der Waals surface area contributed by atoms with E-state index in [1.54, 1.807) is 25.2 Å². The molecule has 1 amide bonds. The van der Waals surface area contributed by atoms with Gasteiger partial charge in [-0.15, -0.1) is 0 Å². The maximum Gasteiger partial charge on any atom is 0.372 e. The van der Waals surface area contributed by atoms with E-state index in [0.717, 1.165) is 5.69 Å². The van der Waals surface area contributed by atoms with Crippen LogP contribution in [0.2, 0.25) is 10.3 Å². The first-order chi connectivity index (χ1) is 18.9. The van der Waals surface area contributed by atoms with Gasteiger partial charge in [0, 0.05) is 12.6 Å². The number of oxazole rings is 1. The number of hydrogen-bond acceptors (Lipinski definition) is 8. The van der Waals surface area contributed by atoms with E-state index in [0.29, 0.717) is 35.5 Å². The minimum absolute atomic E-state index is 0.0168. The fourth-order valence-corrected chi connectivity index (χ4v) is 4.24. The summed E-state index contributed by atoms with van der Waals surface area (Å²) in [5.74, 6) is -1.97. The summed E-state index contributed by atoms with van der Waals surface area (Å²) < 4.78 is 12.2. The van der Waals surface area contributed by atoms with Crippen molar-refractivity contribution in [1.82, 2.24) is 24.5 Å². The van der Waals surface area contributed by atoms with Crippen molar-refractivity contribution in [1.29, 1.82) is 0 Å². The second-order valence-corrected chi connectivity index (χ2v) is 8.91. The maximum absolute atomic E-state index is 12.4. The Kier molecular flexibility index (Phi) is 9.56. The lowest BCUT2D eigenvalue weighted by molar-refractivity contribution is 0.0672. The van der Waals surface area contributed by atoms with Crippen LogP contribution in [0.3, 0.4) is 0 Å². The summed E-state index contributed by atoms with van der Waals surface area (Å²) in [6.07, 6.45) is 1.29. The number of carbonyl (C=O) groups excluding carboxylic acids is 1. The number of methoxy groups -OCH3 is 1. The van der Waals surface area contributed by atoms with Gasteiger partial charge in [0.05, 0.1) is 24.2 Å². The van der Waals surface area contributed by atoms with Crippen molar-refractivity contribution in [3.63, 3.8) is 0 Å². The van der Waals surface area contributed by atoms with Crippen LogP contribution >= 0.6 is 23.2 Å². The Morgan fingerprint density at radius 2 is 1.77 bits per heavy atom. The molecule has 13 nitrogen and oxygen atoms in total. The zero-order chi connectivity index (χ0) is 29.7. The molecule has 0 radical (unpaired) electrons. The highest BCUT2D eigenvalue weighted by molar-refractivity contribution is 6.30. The molecule has 0 bridgehead atoms. The van der Waals surface area contributed by atoms with Crippen LogP contribution in [0.1, 0.15) is 62.7 Å². The number of aromatic amines is 1. The number of aryl methyl sites for hydroxylation is 2. The second-order valence-electron chi connectivity index (χ2n) is 8.20. The molecule has 4 N–H and O–H groups in total. The van der Waals surface area contributed by atoms with Crippen LogP contribution < -0.4 is 10.1 Å². The predicted molar refractivity (Wildman–Crippen MR) is 146 cm³/mol. The molecule has 4 rings (SSSR count). The summed E-state index contributed by atoms with van der Waals surface area (Å²) in [5, 5.41) is 21.0. The van der Waals surface area contributed by atoms with Crippen LogP contribution in [0.4, 0.5) is 5.69 Å². The van der Waals surface area contributed by atoms with Crippen LogP contribution in [-0.2, 0) is 19.9 Å². The highest BCUT2D eigenvalue weighted by Crippen LogP contribution is 2.31. The first-order valence-corrected chi connectivity index (χ1v) is 12.6. The number of nitrogens with zero attached hydrogens (tertiary/aromatic N) is 4. The average molecular weight is 593 g/mol. The summed E-state index contributed by atoms with van der Waals surface area (Å²) in [6.45, 7) is 5.31. The van der Waals surface area contributed by atoms with Crippen LogP contribution in [0.25, 0.3) is 11.5 Å². The zero-order valence-corrected chi connectivity index (χ0v) is 23.6. The van der Waals surface area contributed by atoms with Crippen molar-refractivity contribution in [2.45, 2.75) is 33.6 Å².